The van der Waals surface area contributed by atoms with Crippen molar-refractivity contribution in [3.63, 3.8) is 0 Å². The Morgan fingerprint density at radius 1 is 1.25 bits per heavy atom. The molecule has 0 saturated carbocycles. The van der Waals surface area contributed by atoms with E-state index >= 15 is 0 Å². The Bertz CT molecular complexity index is 410. The zero-order valence-corrected chi connectivity index (χ0v) is 14.7. The van der Waals surface area contributed by atoms with Crippen LogP contribution in [0.1, 0.15) is 32.3 Å². The van der Waals surface area contributed by atoms with Crippen molar-refractivity contribution in [3.05, 3.63) is 34.1 Å². The molecule has 1 N–H and O–H groups in total. The van der Waals surface area contributed by atoms with Gasteiger partial charge in [0.15, 0.2) is 0 Å². The van der Waals surface area contributed by atoms with Gasteiger partial charge in [0.25, 0.3) is 0 Å². The van der Waals surface area contributed by atoms with Gasteiger partial charge in [0.2, 0.25) is 0 Å². The molecule has 1 atom stereocenters. The molecule has 0 aliphatic rings. The molecule has 2 nitrogen and oxygen atoms in total. The van der Waals surface area contributed by atoms with E-state index in [1.54, 1.807) is 6.07 Å². The van der Waals surface area contributed by atoms with Crippen molar-refractivity contribution in [2.75, 3.05) is 21.1 Å². The van der Waals surface area contributed by atoms with E-state index in [1.807, 2.05) is 13.1 Å². The van der Waals surface area contributed by atoms with Gasteiger partial charge in [0, 0.05) is 16.1 Å². The minimum absolute atomic E-state index is 0.0769. The molecule has 0 heterocycles. The molecule has 0 radical (unpaired) electrons. The number of nitrogens with zero attached hydrogens (tertiary/aromatic N) is 1. The zero-order chi connectivity index (χ0) is 15.3. The van der Waals surface area contributed by atoms with Crippen LogP contribution in [0.4, 0.5) is 4.39 Å². The van der Waals surface area contributed by atoms with Gasteiger partial charge in [-0.15, -0.1) is 0 Å². The van der Waals surface area contributed by atoms with Crippen LogP contribution >= 0.6 is 15.9 Å². The molecule has 1 aromatic carbocycles. The molecule has 0 bridgehead atoms. The summed E-state index contributed by atoms with van der Waals surface area (Å²) in [6, 6.07) is 5.40. The maximum absolute atomic E-state index is 13.5. The SMILES string of the molecule is CCC(CC)(C(Cc1cc(F)cc(Br)c1)NC)N(C)C. The number of benzene rings is 1. The Morgan fingerprint density at radius 2 is 1.85 bits per heavy atom. The molecule has 0 amide bonds. The van der Waals surface area contributed by atoms with Crippen molar-refractivity contribution in [1.29, 1.82) is 0 Å². The second kappa shape index (κ2) is 7.53. The Hall–Kier alpha value is -0.450. The molecule has 0 aliphatic carbocycles. The smallest absolute Gasteiger partial charge is 0.124 e. The topological polar surface area (TPSA) is 15.3 Å². The van der Waals surface area contributed by atoms with Gasteiger partial charge in [-0.2, -0.15) is 0 Å². The van der Waals surface area contributed by atoms with Gasteiger partial charge in [-0.1, -0.05) is 29.8 Å². The maximum atomic E-state index is 13.5. The van der Waals surface area contributed by atoms with E-state index in [2.05, 4.69) is 54.1 Å². The molecular weight excluding hydrogens is 319 g/mol. The van der Waals surface area contributed by atoms with Crippen molar-refractivity contribution in [3.8, 4) is 0 Å². The second-order valence-electron chi connectivity index (χ2n) is 5.53. The molecule has 1 rings (SSSR count). The van der Waals surface area contributed by atoms with Crippen molar-refractivity contribution in [2.45, 2.75) is 44.7 Å². The molecular formula is C16H26BrFN2. The van der Waals surface area contributed by atoms with Crippen LogP contribution in [-0.4, -0.2) is 37.6 Å². The molecule has 0 fully saturated rings. The fourth-order valence-corrected chi connectivity index (χ4v) is 3.72. The molecule has 0 aromatic heterocycles. The van der Waals surface area contributed by atoms with Gasteiger partial charge in [-0.3, -0.25) is 0 Å². The first-order valence-corrected chi connectivity index (χ1v) is 7.98. The summed E-state index contributed by atoms with van der Waals surface area (Å²) in [7, 11) is 6.24. The first kappa shape index (κ1) is 17.6. The van der Waals surface area contributed by atoms with Crippen LogP contribution in [0.25, 0.3) is 0 Å². The summed E-state index contributed by atoms with van der Waals surface area (Å²) in [5.41, 5.74) is 1.09. The molecule has 1 aromatic rings. The highest BCUT2D eigenvalue weighted by atomic mass is 79.9. The van der Waals surface area contributed by atoms with Gasteiger partial charge in [-0.25, -0.2) is 4.39 Å². The summed E-state index contributed by atoms with van der Waals surface area (Å²) in [6.07, 6.45) is 2.92. The van der Waals surface area contributed by atoms with Crippen LogP contribution in [0, 0.1) is 5.82 Å². The Kier molecular flexibility index (Phi) is 6.62. The number of likely N-dealkylation sites (N-methyl/N-ethyl adjacent to an activating group) is 2. The molecule has 4 heteroatoms. The van der Waals surface area contributed by atoms with Crippen LogP contribution in [0.3, 0.4) is 0 Å². The van der Waals surface area contributed by atoms with Crippen LogP contribution in [0.2, 0.25) is 0 Å². The van der Waals surface area contributed by atoms with Gasteiger partial charge in [0.05, 0.1) is 0 Å². The molecule has 0 aliphatic heterocycles. The third-order valence-corrected chi connectivity index (χ3v) is 4.93. The Labute approximate surface area is 130 Å². The quantitative estimate of drug-likeness (QED) is 0.808. The summed E-state index contributed by atoms with van der Waals surface area (Å²) in [5.74, 6) is -0.187. The zero-order valence-electron chi connectivity index (χ0n) is 13.1. The van der Waals surface area contributed by atoms with Crippen molar-refractivity contribution >= 4 is 15.9 Å². The predicted molar refractivity (Wildman–Crippen MR) is 87.7 cm³/mol. The highest BCUT2D eigenvalue weighted by Gasteiger charge is 2.36. The third-order valence-electron chi connectivity index (χ3n) is 4.47. The highest BCUT2D eigenvalue weighted by molar-refractivity contribution is 9.10. The summed E-state index contributed by atoms with van der Waals surface area (Å²) in [5, 5.41) is 3.43. The van der Waals surface area contributed by atoms with Crippen molar-refractivity contribution in [1.82, 2.24) is 10.2 Å². The fourth-order valence-electron chi connectivity index (χ4n) is 3.21. The van der Waals surface area contributed by atoms with Crippen LogP contribution in [0.5, 0.6) is 0 Å². The monoisotopic (exact) mass is 344 g/mol. The van der Waals surface area contributed by atoms with Gasteiger partial charge in [0.1, 0.15) is 5.82 Å². The van der Waals surface area contributed by atoms with E-state index < -0.39 is 0 Å². The number of halogens is 2. The average molecular weight is 345 g/mol. The summed E-state index contributed by atoms with van der Waals surface area (Å²) >= 11 is 3.37. The second-order valence-corrected chi connectivity index (χ2v) is 6.44. The standard InChI is InChI=1S/C16H26BrFN2/c1-6-16(7-2,20(4)5)15(19-3)10-12-8-13(17)11-14(18)9-12/h8-9,11,15,19H,6-7,10H2,1-5H3. The lowest BCUT2D eigenvalue weighted by molar-refractivity contribution is 0.0917. The molecule has 1 unspecified atom stereocenters. The highest BCUT2D eigenvalue weighted by Crippen LogP contribution is 2.28. The van der Waals surface area contributed by atoms with Crippen molar-refractivity contribution in [2.24, 2.45) is 0 Å². The fraction of sp³-hybridized carbons (Fsp3) is 0.625. The average Bonchev–Trinajstić information content (AvgIpc) is 2.37. The molecule has 20 heavy (non-hydrogen) atoms. The first-order chi connectivity index (χ1) is 9.39. The largest absolute Gasteiger partial charge is 0.315 e. The predicted octanol–water partition coefficient (Wildman–Crippen LogP) is 3.84. The van der Waals surface area contributed by atoms with Gasteiger partial charge < -0.3 is 10.2 Å². The summed E-state index contributed by atoms with van der Waals surface area (Å²) in [6.45, 7) is 4.44. The minimum Gasteiger partial charge on any atom is -0.315 e. The van der Waals surface area contributed by atoms with E-state index in [9.17, 15) is 4.39 Å². The third kappa shape index (κ3) is 3.80. The molecule has 0 spiro atoms. The lowest BCUT2D eigenvalue weighted by atomic mass is 9.80. The van der Waals surface area contributed by atoms with E-state index in [4.69, 9.17) is 0 Å². The molecule has 114 valence electrons. The summed E-state index contributed by atoms with van der Waals surface area (Å²) < 4.78 is 14.3. The summed E-state index contributed by atoms with van der Waals surface area (Å²) in [4.78, 5) is 2.29. The van der Waals surface area contributed by atoms with Gasteiger partial charge >= 0.3 is 0 Å². The number of rotatable bonds is 7. The van der Waals surface area contributed by atoms with Crippen LogP contribution in [0.15, 0.2) is 22.7 Å². The van der Waals surface area contributed by atoms with E-state index in [0.717, 1.165) is 29.3 Å². The number of hydrogen-bond donors (Lipinski definition) is 1. The van der Waals surface area contributed by atoms with E-state index in [0.29, 0.717) is 0 Å². The van der Waals surface area contributed by atoms with Crippen LogP contribution < -0.4 is 5.32 Å². The van der Waals surface area contributed by atoms with E-state index in [1.165, 1.54) is 6.07 Å². The normalized spacial score (nSPS) is 13.8. The number of hydrogen-bond acceptors (Lipinski definition) is 2. The van der Waals surface area contributed by atoms with Gasteiger partial charge in [-0.05, 0) is 64.2 Å². The Morgan fingerprint density at radius 3 is 2.25 bits per heavy atom. The first-order valence-electron chi connectivity index (χ1n) is 7.19. The lowest BCUT2D eigenvalue weighted by Crippen LogP contribution is -2.58. The molecule has 0 saturated heterocycles. The van der Waals surface area contributed by atoms with Crippen molar-refractivity contribution < 1.29 is 4.39 Å². The number of nitrogens with one attached hydrogen (secondary N) is 1. The lowest BCUT2D eigenvalue weighted by Gasteiger charge is -2.45. The minimum atomic E-state index is -0.187. The Balaban J connectivity index is 3.06. The van der Waals surface area contributed by atoms with Crippen LogP contribution in [-0.2, 0) is 6.42 Å². The van der Waals surface area contributed by atoms with E-state index in [-0.39, 0.29) is 17.4 Å². The maximum Gasteiger partial charge on any atom is 0.124 e.